The number of carbonyl (C=O) groups is 6. The third-order valence-corrected chi connectivity index (χ3v) is 9.56. The average molecular weight is 951 g/mol. The summed E-state index contributed by atoms with van der Waals surface area (Å²) in [7, 11) is 0. The van der Waals surface area contributed by atoms with E-state index in [1.807, 2.05) is 36.4 Å². The molecule has 70 heavy (non-hydrogen) atoms. The summed E-state index contributed by atoms with van der Waals surface area (Å²) in [5.41, 5.74) is 1.44. The van der Waals surface area contributed by atoms with E-state index in [0.717, 1.165) is 11.1 Å². The standard InChI is InChI=1S/C28H26O6.C16H12O3.C12H16O4.CH4/c1-28(2,32)26(30)22-13-15-24(16-14-22)33-18-19-34-27(31)23-11-8-20(9-12-23)10-17-25(29)21-6-4-3-5-7-21;17-15(13-4-2-1-3-5-13)11-8-12-6-9-14(10-7-12)16(18)19;1-12(2,15)11(14)9-3-5-10(6-4-9)16-8-7-13;/h3-17,32H,18-19H2,1-2H3;1-11H,(H,18,19);3-6,13,15H,7-8H2,1-2H3;1H4/b17-10+;;;. The van der Waals surface area contributed by atoms with Gasteiger partial charge >= 0.3 is 11.9 Å². The molecule has 0 aromatic heterocycles. The molecular formula is C57H58O13. The molecule has 6 aromatic carbocycles. The highest BCUT2D eigenvalue weighted by Crippen LogP contribution is 2.19. The fraction of sp³-hybridized carbons (Fsp3) is 0.193. The fourth-order valence-electron chi connectivity index (χ4n) is 5.86. The van der Waals surface area contributed by atoms with Gasteiger partial charge in [-0.25, -0.2) is 9.59 Å². The molecule has 13 nitrogen and oxygen atoms in total. The number of ether oxygens (including phenoxy) is 3. The van der Waals surface area contributed by atoms with Crippen LogP contribution in [0.2, 0.25) is 0 Å². The summed E-state index contributed by atoms with van der Waals surface area (Å²) in [6, 6.07) is 43.9. The summed E-state index contributed by atoms with van der Waals surface area (Å²) in [5.74, 6) is -1.23. The highest BCUT2D eigenvalue weighted by molar-refractivity contribution is 6.07. The molecule has 0 heterocycles. The minimum atomic E-state index is -1.44. The van der Waals surface area contributed by atoms with Crippen LogP contribution in [0.25, 0.3) is 12.2 Å². The van der Waals surface area contributed by atoms with Gasteiger partial charge in [0.2, 0.25) is 0 Å². The molecule has 0 bridgehead atoms. The molecular weight excluding hydrogens is 893 g/mol. The largest absolute Gasteiger partial charge is 0.491 e. The molecule has 0 aliphatic heterocycles. The molecule has 364 valence electrons. The predicted molar refractivity (Wildman–Crippen MR) is 269 cm³/mol. The van der Waals surface area contributed by atoms with E-state index in [1.165, 1.54) is 52.0 Å². The van der Waals surface area contributed by atoms with Crippen molar-refractivity contribution in [2.24, 2.45) is 0 Å². The quantitative estimate of drug-likeness (QED) is 0.0258. The van der Waals surface area contributed by atoms with Crippen molar-refractivity contribution in [1.82, 2.24) is 0 Å². The number of carboxylic acids is 1. The summed E-state index contributed by atoms with van der Waals surface area (Å²) >= 11 is 0. The number of aromatic carboxylic acids is 1. The number of hydrogen-bond acceptors (Lipinski definition) is 12. The number of allylic oxidation sites excluding steroid dienone is 2. The fourth-order valence-corrected chi connectivity index (χ4v) is 5.86. The SMILES string of the molecule is C.CC(C)(O)C(=O)c1ccc(OCCO)cc1.CC(C)(O)C(=O)c1ccc(OCCOC(=O)c2ccc(/C=C/C(=O)c3ccccc3)cc2)cc1.O=C(O)c1ccc(C=CC(=O)c2ccccc2)cc1. The van der Waals surface area contributed by atoms with Crippen molar-refractivity contribution >= 4 is 47.2 Å². The van der Waals surface area contributed by atoms with E-state index in [2.05, 4.69) is 0 Å². The van der Waals surface area contributed by atoms with Crippen LogP contribution < -0.4 is 9.47 Å². The van der Waals surface area contributed by atoms with E-state index in [4.69, 9.17) is 24.4 Å². The summed E-state index contributed by atoms with van der Waals surface area (Å²) in [4.78, 5) is 70.5. The van der Waals surface area contributed by atoms with Crippen molar-refractivity contribution < 1.29 is 63.4 Å². The second kappa shape index (κ2) is 27.6. The van der Waals surface area contributed by atoms with Crippen LogP contribution in [0.5, 0.6) is 11.5 Å². The number of rotatable bonds is 19. The Kier molecular flexibility index (Phi) is 22.2. The van der Waals surface area contributed by atoms with Crippen LogP contribution >= 0.6 is 0 Å². The first-order chi connectivity index (χ1) is 32.8. The van der Waals surface area contributed by atoms with Gasteiger partial charge in [0.05, 0.1) is 17.7 Å². The van der Waals surface area contributed by atoms with E-state index in [9.17, 15) is 39.0 Å². The summed E-state index contributed by atoms with van der Waals surface area (Å²) < 4.78 is 15.9. The number of aliphatic hydroxyl groups excluding tert-OH is 1. The van der Waals surface area contributed by atoms with E-state index >= 15 is 0 Å². The van der Waals surface area contributed by atoms with Crippen LogP contribution in [0, 0.1) is 0 Å². The summed E-state index contributed by atoms with van der Waals surface area (Å²) in [6.07, 6.45) is 6.33. The number of esters is 1. The summed E-state index contributed by atoms with van der Waals surface area (Å²) in [5, 5.41) is 36.7. The van der Waals surface area contributed by atoms with Gasteiger partial charge in [0.1, 0.15) is 42.5 Å². The number of carboxylic acid groups (broad SMARTS) is 1. The molecule has 0 aliphatic carbocycles. The maximum atomic E-state index is 12.2. The predicted octanol–water partition coefficient (Wildman–Crippen LogP) is 9.70. The van der Waals surface area contributed by atoms with Gasteiger partial charge < -0.3 is 34.6 Å². The number of aliphatic hydroxyl groups is 3. The van der Waals surface area contributed by atoms with E-state index in [1.54, 1.807) is 121 Å². The first kappa shape index (κ1) is 56.2. The lowest BCUT2D eigenvalue weighted by Gasteiger charge is -2.15. The molecule has 6 aromatic rings. The Morgan fingerprint density at radius 2 is 0.814 bits per heavy atom. The van der Waals surface area contributed by atoms with E-state index in [0.29, 0.717) is 39.3 Å². The van der Waals surface area contributed by atoms with Crippen molar-refractivity contribution in [1.29, 1.82) is 0 Å². The molecule has 0 atom stereocenters. The second-order valence-electron chi connectivity index (χ2n) is 16.1. The average Bonchev–Trinajstić information content (AvgIpc) is 3.36. The van der Waals surface area contributed by atoms with Crippen LogP contribution in [0.1, 0.15) is 108 Å². The summed E-state index contributed by atoms with van der Waals surface area (Å²) in [6.45, 7) is 6.14. The maximum absolute atomic E-state index is 12.2. The number of Topliss-reactive ketones (excluding diaryl/α,β-unsaturated/α-hetero) is 2. The molecule has 0 unspecified atom stereocenters. The zero-order chi connectivity index (χ0) is 50.4. The molecule has 0 radical (unpaired) electrons. The minimum Gasteiger partial charge on any atom is -0.491 e. The number of hydrogen-bond donors (Lipinski definition) is 4. The van der Waals surface area contributed by atoms with Gasteiger partial charge in [-0.1, -0.05) is 105 Å². The first-order valence-corrected chi connectivity index (χ1v) is 21.6. The zero-order valence-corrected chi connectivity index (χ0v) is 38.6. The van der Waals surface area contributed by atoms with Crippen molar-refractivity contribution in [3.8, 4) is 11.5 Å². The zero-order valence-electron chi connectivity index (χ0n) is 38.6. The van der Waals surface area contributed by atoms with Gasteiger partial charge in [-0.05, 0) is 124 Å². The Morgan fingerprint density at radius 3 is 1.17 bits per heavy atom. The third kappa shape index (κ3) is 18.9. The maximum Gasteiger partial charge on any atom is 0.338 e. The molecule has 0 amide bonds. The second-order valence-corrected chi connectivity index (χ2v) is 16.1. The normalized spacial score (nSPS) is 10.9. The topological polar surface area (TPSA) is 211 Å². The van der Waals surface area contributed by atoms with E-state index < -0.39 is 23.1 Å². The van der Waals surface area contributed by atoms with Crippen LogP contribution in [-0.2, 0) is 4.74 Å². The molecule has 0 aliphatic rings. The van der Waals surface area contributed by atoms with Crippen LogP contribution in [0.3, 0.4) is 0 Å². The highest BCUT2D eigenvalue weighted by atomic mass is 16.6. The minimum absolute atomic E-state index is 0. The van der Waals surface area contributed by atoms with Gasteiger partial charge in [0.25, 0.3) is 0 Å². The third-order valence-electron chi connectivity index (χ3n) is 9.56. The van der Waals surface area contributed by atoms with Crippen LogP contribution in [0.4, 0.5) is 0 Å². The van der Waals surface area contributed by atoms with Gasteiger partial charge in [-0.15, -0.1) is 0 Å². The van der Waals surface area contributed by atoms with Gasteiger partial charge in [0.15, 0.2) is 23.1 Å². The van der Waals surface area contributed by atoms with Gasteiger partial charge in [0, 0.05) is 22.3 Å². The molecule has 0 spiro atoms. The Morgan fingerprint density at radius 1 is 0.457 bits per heavy atom. The Hall–Kier alpha value is -8.10. The number of carbonyl (C=O) groups excluding carboxylic acids is 5. The van der Waals surface area contributed by atoms with Crippen molar-refractivity contribution in [2.75, 3.05) is 26.4 Å². The van der Waals surface area contributed by atoms with Gasteiger partial charge in [-0.3, -0.25) is 19.2 Å². The molecule has 0 saturated heterocycles. The van der Waals surface area contributed by atoms with Crippen molar-refractivity contribution in [3.05, 3.63) is 214 Å². The lowest BCUT2D eigenvalue weighted by Crippen LogP contribution is -2.30. The smallest absolute Gasteiger partial charge is 0.338 e. The first-order valence-electron chi connectivity index (χ1n) is 21.6. The highest BCUT2D eigenvalue weighted by Gasteiger charge is 2.26. The molecule has 0 saturated carbocycles. The Bertz CT molecular complexity index is 2670. The monoisotopic (exact) mass is 950 g/mol. The number of benzene rings is 6. The molecule has 6 rings (SSSR count). The number of ketones is 4. The molecule has 13 heteroatoms. The lowest BCUT2D eigenvalue weighted by molar-refractivity contribution is 0.0449. The Balaban J connectivity index is 0.000000304. The molecule has 0 fully saturated rings. The van der Waals surface area contributed by atoms with Gasteiger partial charge in [-0.2, -0.15) is 0 Å². The lowest BCUT2D eigenvalue weighted by atomic mass is 9.97. The van der Waals surface area contributed by atoms with Crippen LogP contribution in [-0.4, -0.2) is 93.1 Å². The van der Waals surface area contributed by atoms with Crippen molar-refractivity contribution in [3.63, 3.8) is 0 Å². The van der Waals surface area contributed by atoms with Crippen LogP contribution in [0.15, 0.2) is 170 Å². The Labute approximate surface area is 408 Å². The molecule has 4 N–H and O–H groups in total. The van der Waals surface area contributed by atoms with E-state index in [-0.39, 0.29) is 62.6 Å². The van der Waals surface area contributed by atoms with Crippen molar-refractivity contribution in [2.45, 2.75) is 46.3 Å².